The maximum absolute atomic E-state index is 12.4. The Kier molecular flexibility index (Phi) is 3.76. The van der Waals surface area contributed by atoms with Crippen LogP contribution in [0.3, 0.4) is 0 Å². The molecule has 0 bridgehead atoms. The number of benzene rings is 1. The van der Waals surface area contributed by atoms with Crippen molar-refractivity contribution in [3.8, 4) is 11.3 Å². The Morgan fingerprint density at radius 1 is 1.25 bits per heavy atom. The van der Waals surface area contributed by atoms with Crippen LogP contribution in [-0.2, 0) is 0 Å². The molecule has 3 heterocycles. The molecule has 1 amide bonds. The fourth-order valence-electron chi connectivity index (χ4n) is 2.37. The molecule has 0 atom stereocenters. The van der Waals surface area contributed by atoms with Gasteiger partial charge in [-0.3, -0.25) is 15.1 Å². The lowest BCUT2D eigenvalue weighted by Gasteiger charge is -1.98. The number of nitrogens with one attached hydrogen (secondary N) is 2. The average Bonchev–Trinajstić information content (AvgIpc) is 3.22. The fraction of sp³-hybridized carbons (Fsp3) is 0. The highest BCUT2D eigenvalue weighted by Gasteiger charge is 2.12. The Hall–Kier alpha value is -2.70. The van der Waals surface area contributed by atoms with E-state index in [0.29, 0.717) is 15.8 Å². The predicted octanol–water partition coefficient (Wildman–Crippen LogP) is 4.59. The highest BCUT2D eigenvalue weighted by Crippen LogP contribution is 2.25. The number of hydrogen-bond acceptors (Lipinski definition) is 4. The second-order valence-corrected chi connectivity index (χ2v) is 6.44. The number of thiazole rings is 1. The van der Waals surface area contributed by atoms with Gasteiger partial charge in [-0.25, -0.2) is 4.98 Å². The third-order valence-electron chi connectivity index (χ3n) is 3.51. The molecule has 4 rings (SSSR count). The van der Waals surface area contributed by atoms with E-state index in [0.717, 1.165) is 22.2 Å². The number of aromatic nitrogens is 3. The first-order valence-electron chi connectivity index (χ1n) is 7.14. The Bertz CT molecular complexity index is 1030. The van der Waals surface area contributed by atoms with E-state index in [4.69, 9.17) is 11.6 Å². The van der Waals surface area contributed by atoms with Gasteiger partial charge in [0, 0.05) is 39.3 Å². The number of hydrogen-bond donors (Lipinski definition) is 2. The summed E-state index contributed by atoms with van der Waals surface area (Å²) in [7, 11) is 0. The second-order valence-electron chi connectivity index (χ2n) is 5.15. The van der Waals surface area contributed by atoms with Crippen LogP contribution in [0.4, 0.5) is 5.13 Å². The molecular formula is C17H11ClN4OS. The van der Waals surface area contributed by atoms with Crippen LogP contribution in [0.5, 0.6) is 0 Å². The molecule has 0 aliphatic carbocycles. The number of amides is 1. The Morgan fingerprint density at radius 2 is 2.17 bits per heavy atom. The lowest BCUT2D eigenvalue weighted by atomic mass is 10.2. The van der Waals surface area contributed by atoms with Gasteiger partial charge in [0.05, 0.1) is 5.69 Å². The van der Waals surface area contributed by atoms with Crippen molar-refractivity contribution in [2.75, 3.05) is 5.32 Å². The minimum Gasteiger partial charge on any atom is -0.351 e. The lowest BCUT2D eigenvalue weighted by molar-refractivity contribution is 0.102. The topological polar surface area (TPSA) is 70.7 Å². The van der Waals surface area contributed by atoms with Crippen LogP contribution in [0.1, 0.15) is 10.5 Å². The van der Waals surface area contributed by atoms with Crippen molar-refractivity contribution >= 4 is 44.9 Å². The van der Waals surface area contributed by atoms with Gasteiger partial charge in [0.1, 0.15) is 5.69 Å². The van der Waals surface area contributed by atoms with Gasteiger partial charge in [0.15, 0.2) is 5.13 Å². The summed E-state index contributed by atoms with van der Waals surface area (Å²) in [6.45, 7) is 0. The number of rotatable bonds is 3. The van der Waals surface area contributed by atoms with Crippen molar-refractivity contribution < 1.29 is 4.79 Å². The smallest absolute Gasteiger partial charge is 0.273 e. The maximum Gasteiger partial charge on any atom is 0.273 e. The van der Waals surface area contributed by atoms with Gasteiger partial charge >= 0.3 is 0 Å². The number of aromatic amines is 1. The maximum atomic E-state index is 12.4. The zero-order chi connectivity index (χ0) is 16.5. The van der Waals surface area contributed by atoms with Crippen molar-refractivity contribution in [2.24, 2.45) is 0 Å². The lowest BCUT2D eigenvalue weighted by Crippen LogP contribution is -2.11. The summed E-state index contributed by atoms with van der Waals surface area (Å²) >= 11 is 7.34. The van der Waals surface area contributed by atoms with Crippen molar-refractivity contribution in [3.63, 3.8) is 0 Å². The molecule has 0 aliphatic heterocycles. The molecule has 5 nitrogen and oxygen atoms in total. The number of H-pyrrole nitrogens is 1. The first kappa shape index (κ1) is 14.9. The molecule has 2 N–H and O–H groups in total. The minimum absolute atomic E-state index is 0.241. The summed E-state index contributed by atoms with van der Waals surface area (Å²) in [5, 5.41) is 6.76. The Labute approximate surface area is 146 Å². The summed E-state index contributed by atoms with van der Waals surface area (Å²) in [6.07, 6.45) is 3.45. The van der Waals surface area contributed by atoms with Gasteiger partial charge in [-0.15, -0.1) is 11.3 Å². The molecule has 0 spiro atoms. The average molecular weight is 355 g/mol. The fourth-order valence-corrected chi connectivity index (χ4v) is 3.26. The van der Waals surface area contributed by atoms with E-state index < -0.39 is 0 Å². The largest absolute Gasteiger partial charge is 0.351 e. The second kappa shape index (κ2) is 6.07. The summed E-state index contributed by atoms with van der Waals surface area (Å²) in [4.78, 5) is 24.0. The molecule has 7 heteroatoms. The molecule has 0 radical (unpaired) electrons. The first-order chi connectivity index (χ1) is 11.7. The zero-order valence-corrected chi connectivity index (χ0v) is 13.9. The third kappa shape index (κ3) is 2.89. The SMILES string of the molecule is O=C(Nc1nc(-c2cccnc2)cs1)c1cc2cc(Cl)ccc2[nH]1. The van der Waals surface area contributed by atoms with Gasteiger partial charge < -0.3 is 4.98 Å². The van der Waals surface area contributed by atoms with Crippen LogP contribution in [0.25, 0.3) is 22.2 Å². The molecule has 0 fully saturated rings. The van der Waals surface area contributed by atoms with Crippen molar-refractivity contribution in [1.82, 2.24) is 15.0 Å². The molecule has 0 saturated heterocycles. The van der Waals surface area contributed by atoms with E-state index >= 15 is 0 Å². The summed E-state index contributed by atoms with van der Waals surface area (Å²) in [5.41, 5.74) is 3.02. The van der Waals surface area contributed by atoms with E-state index in [1.54, 1.807) is 24.5 Å². The number of anilines is 1. The molecule has 0 saturated carbocycles. The van der Waals surface area contributed by atoms with Crippen LogP contribution in [0.15, 0.2) is 54.2 Å². The zero-order valence-electron chi connectivity index (χ0n) is 12.3. The molecule has 24 heavy (non-hydrogen) atoms. The number of carbonyl (C=O) groups excluding carboxylic acids is 1. The van der Waals surface area contributed by atoms with Gasteiger partial charge in [-0.1, -0.05) is 11.6 Å². The van der Waals surface area contributed by atoms with Gasteiger partial charge in [-0.05, 0) is 36.4 Å². The van der Waals surface area contributed by atoms with Gasteiger partial charge in [0.2, 0.25) is 0 Å². The van der Waals surface area contributed by atoms with E-state index in [-0.39, 0.29) is 5.91 Å². The van der Waals surface area contributed by atoms with Gasteiger partial charge in [-0.2, -0.15) is 0 Å². The molecular weight excluding hydrogens is 344 g/mol. The third-order valence-corrected chi connectivity index (χ3v) is 4.50. The number of fused-ring (bicyclic) bond motifs is 1. The highest BCUT2D eigenvalue weighted by molar-refractivity contribution is 7.14. The van der Waals surface area contributed by atoms with Crippen molar-refractivity contribution in [1.29, 1.82) is 0 Å². The van der Waals surface area contributed by atoms with Crippen LogP contribution < -0.4 is 5.32 Å². The summed E-state index contributed by atoms with van der Waals surface area (Å²) < 4.78 is 0. The standard InChI is InChI=1S/C17H11ClN4OS/c18-12-3-4-13-11(6-12)7-14(20-13)16(23)22-17-21-15(9-24-17)10-2-1-5-19-8-10/h1-9,20H,(H,21,22,23). The summed E-state index contributed by atoms with van der Waals surface area (Å²) in [6, 6.07) is 11.0. The number of pyridine rings is 1. The first-order valence-corrected chi connectivity index (χ1v) is 8.40. The molecule has 118 valence electrons. The molecule has 0 unspecified atom stereocenters. The Morgan fingerprint density at radius 3 is 3.00 bits per heavy atom. The molecule has 3 aromatic heterocycles. The van der Waals surface area contributed by atoms with E-state index in [9.17, 15) is 4.79 Å². The summed E-state index contributed by atoms with van der Waals surface area (Å²) in [5.74, 6) is -0.241. The van der Waals surface area contributed by atoms with Crippen LogP contribution >= 0.6 is 22.9 Å². The van der Waals surface area contributed by atoms with E-state index in [2.05, 4.69) is 20.3 Å². The highest BCUT2D eigenvalue weighted by atomic mass is 35.5. The number of halogens is 1. The van der Waals surface area contributed by atoms with E-state index in [1.165, 1.54) is 11.3 Å². The predicted molar refractivity (Wildman–Crippen MR) is 96.6 cm³/mol. The Balaban J connectivity index is 1.56. The number of carbonyl (C=O) groups is 1. The molecule has 1 aromatic carbocycles. The van der Waals surface area contributed by atoms with Crippen molar-refractivity contribution in [2.45, 2.75) is 0 Å². The van der Waals surface area contributed by atoms with Crippen molar-refractivity contribution in [3.05, 3.63) is 64.9 Å². The van der Waals surface area contributed by atoms with E-state index in [1.807, 2.05) is 29.6 Å². The van der Waals surface area contributed by atoms with Crippen LogP contribution in [0, 0.1) is 0 Å². The normalized spacial score (nSPS) is 10.9. The van der Waals surface area contributed by atoms with Crippen LogP contribution in [-0.4, -0.2) is 20.9 Å². The quantitative estimate of drug-likeness (QED) is 0.565. The monoisotopic (exact) mass is 354 g/mol. The molecule has 4 aromatic rings. The number of nitrogens with zero attached hydrogens (tertiary/aromatic N) is 2. The van der Waals surface area contributed by atoms with Gasteiger partial charge in [0.25, 0.3) is 5.91 Å². The minimum atomic E-state index is -0.241. The molecule has 0 aliphatic rings. The van der Waals surface area contributed by atoms with Crippen LogP contribution in [0.2, 0.25) is 5.02 Å².